The number of anilines is 1. The van der Waals surface area contributed by atoms with Crippen molar-refractivity contribution in [2.75, 3.05) is 44.6 Å². The summed E-state index contributed by atoms with van der Waals surface area (Å²) in [6, 6.07) is 1.59. The van der Waals surface area contributed by atoms with Gasteiger partial charge in [0.05, 0.1) is 18.7 Å². The minimum Gasteiger partial charge on any atom is -0.449 e. The number of hydrogen-bond acceptors (Lipinski definition) is 6. The summed E-state index contributed by atoms with van der Waals surface area (Å²) in [6.45, 7) is 6.82. The van der Waals surface area contributed by atoms with E-state index in [0.717, 1.165) is 0 Å². The first-order chi connectivity index (χ1) is 11.9. The Morgan fingerprint density at radius 2 is 1.96 bits per heavy atom. The van der Waals surface area contributed by atoms with Crippen LogP contribution in [-0.2, 0) is 9.53 Å². The third-order valence-corrected chi connectivity index (χ3v) is 4.55. The second-order valence-corrected chi connectivity index (χ2v) is 7.23. The van der Waals surface area contributed by atoms with Crippen LogP contribution in [0.25, 0.3) is 0 Å². The highest BCUT2D eigenvalue weighted by Crippen LogP contribution is 2.22. The fourth-order valence-electron chi connectivity index (χ4n) is 2.39. The lowest BCUT2D eigenvalue weighted by Gasteiger charge is -2.33. The molecule has 0 unspecified atom stereocenters. The molecule has 8 nitrogen and oxygen atoms in total. The lowest BCUT2D eigenvalue weighted by Crippen LogP contribution is -2.50. The van der Waals surface area contributed by atoms with Crippen LogP contribution in [0.3, 0.4) is 0 Å². The van der Waals surface area contributed by atoms with Gasteiger partial charge in [0.15, 0.2) is 0 Å². The summed E-state index contributed by atoms with van der Waals surface area (Å²) >= 11 is 1.26. The molecule has 0 saturated carbocycles. The lowest BCUT2D eigenvalue weighted by atomic mass is 10.2. The summed E-state index contributed by atoms with van der Waals surface area (Å²) in [6.07, 6.45) is -0.303. The second-order valence-electron chi connectivity index (χ2n) is 6.31. The first-order valence-corrected chi connectivity index (χ1v) is 9.06. The number of thiophene rings is 1. The van der Waals surface area contributed by atoms with E-state index in [-0.39, 0.29) is 18.5 Å². The average molecular weight is 368 g/mol. The number of amides is 3. The van der Waals surface area contributed by atoms with Gasteiger partial charge >= 0.3 is 6.09 Å². The van der Waals surface area contributed by atoms with E-state index in [9.17, 15) is 14.4 Å². The highest BCUT2D eigenvalue weighted by Gasteiger charge is 2.24. The van der Waals surface area contributed by atoms with Crippen LogP contribution in [0.15, 0.2) is 11.4 Å². The molecule has 1 aliphatic heterocycles. The van der Waals surface area contributed by atoms with Gasteiger partial charge < -0.3 is 20.7 Å². The van der Waals surface area contributed by atoms with Crippen molar-refractivity contribution in [3.05, 3.63) is 17.0 Å². The molecule has 1 aromatic heterocycles. The van der Waals surface area contributed by atoms with Gasteiger partial charge in [0.2, 0.25) is 5.91 Å². The molecule has 1 aliphatic rings. The van der Waals surface area contributed by atoms with E-state index in [4.69, 9.17) is 10.5 Å². The maximum atomic E-state index is 12.1. The molecule has 0 radical (unpaired) electrons. The van der Waals surface area contributed by atoms with Gasteiger partial charge in [0.1, 0.15) is 5.00 Å². The van der Waals surface area contributed by atoms with Gasteiger partial charge in [-0.25, -0.2) is 4.79 Å². The summed E-state index contributed by atoms with van der Waals surface area (Å²) in [4.78, 5) is 38.9. The zero-order valence-corrected chi connectivity index (χ0v) is 15.3. The molecule has 1 aromatic rings. The van der Waals surface area contributed by atoms with Crippen molar-refractivity contribution in [2.24, 2.45) is 11.7 Å². The predicted molar refractivity (Wildman–Crippen MR) is 95.7 cm³/mol. The number of ether oxygens (including phenoxy) is 1. The van der Waals surface area contributed by atoms with E-state index in [2.05, 4.69) is 5.32 Å². The number of nitrogens with zero attached hydrogens (tertiary/aromatic N) is 2. The summed E-state index contributed by atoms with van der Waals surface area (Å²) in [5.74, 6) is -0.470. The Balaban J connectivity index is 1.76. The van der Waals surface area contributed by atoms with Gasteiger partial charge in [-0.05, 0) is 17.4 Å². The summed E-state index contributed by atoms with van der Waals surface area (Å²) in [5, 5.41) is 4.89. The Morgan fingerprint density at radius 1 is 1.28 bits per heavy atom. The van der Waals surface area contributed by atoms with Crippen molar-refractivity contribution in [2.45, 2.75) is 13.8 Å². The van der Waals surface area contributed by atoms with E-state index in [1.165, 1.54) is 11.3 Å². The minimum atomic E-state index is -0.565. The quantitative estimate of drug-likeness (QED) is 0.785. The summed E-state index contributed by atoms with van der Waals surface area (Å²) in [7, 11) is 0. The zero-order valence-electron chi connectivity index (χ0n) is 14.5. The van der Waals surface area contributed by atoms with Crippen LogP contribution in [0.2, 0.25) is 0 Å². The highest BCUT2D eigenvalue weighted by atomic mass is 32.1. The molecule has 0 spiro atoms. The number of nitrogens with one attached hydrogen (secondary N) is 1. The molecule has 138 valence electrons. The molecule has 2 rings (SSSR count). The minimum absolute atomic E-state index is 0.199. The molecule has 1 fully saturated rings. The molecule has 3 N–H and O–H groups in total. The standard InChI is InChI=1S/C16H24N4O4S/c1-11(2)10-24-16(23)20-6-4-19(5-7-20)9-13(21)18-15-12(14(17)22)3-8-25-15/h3,8,11H,4-7,9-10H2,1-2H3,(H2,17,22)(H,18,21). The Kier molecular flexibility index (Phi) is 6.77. The van der Waals surface area contributed by atoms with Crippen molar-refractivity contribution < 1.29 is 19.1 Å². The number of rotatable bonds is 6. The number of nitrogens with two attached hydrogens (primary N) is 1. The monoisotopic (exact) mass is 368 g/mol. The van der Waals surface area contributed by atoms with E-state index >= 15 is 0 Å². The molecule has 2 heterocycles. The van der Waals surface area contributed by atoms with Gasteiger partial charge in [0, 0.05) is 26.2 Å². The fourth-order valence-corrected chi connectivity index (χ4v) is 3.20. The van der Waals surface area contributed by atoms with Gasteiger partial charge in [0.25, 0.3) is 5.91 Å². The van der Waals surface area contributed by atoms with Crippen molar-refractivity contribution >= 4 is 34.2 Å². The third-order valence-electron chi connectivity index (χ3n) is 3.72. The Hall–Kier alpha value is -2.13. The van der Waals surface area contributed by atoms with E-state index in [1.807, 2.05) is 18.7 Å². The molecular weight excluding hydrogens is 344 g/mol. The highest BCUT2D eigenvalue weighted by molar-refractivity contribution is 7.14. The third kappa shape index (κ3) is 5.71. The number of primary amides is 1. The smallest absolute Gasteiger partial charge is 0.409 e. The van der Waals surface area contributed by atoms with Gasteiger partial charge in [-0.2, -0.15) is 0 Å². The normalized spacial score (nSPS) is 15.2. The van der Waals surface area contributed by atoms with E-state index in [0.29, 0.717) is 49.3 Å². The number of carbonyl (C=O) groups excluding carboxylic acids is 3. The van der Waals surface area contributed by atoms with Crippen LogP contribution in [0, 0.1) is 5.92 Å². The second kappa shape index (κ2) is 8.82. The van der Waals surface area contributed by atoms with Crippen LogP contribution in [0.1, 0.15) is 24.2 Å². The molecule has 1 saturated heterocycles. The fraction of sp³-hybridized carbons (Fsp3) is 0.562. The molecule has 25 heavy (non-hydrogen) atoms. The SMILES string of the molecule is CC(C)COC(=O)N1CCN(CC(=O)Nc2sccc2C(N)=O)CC1. The van der Waals surface area contributed by atoms with E-state index < -0.39 is 5.91 Å². The van der Waals surface area contributed by atoms with Gasteiger partial charge in [-0.15, -0.1) is 11.3 Å². The average Bonchev–Trinajstić information content (AvgIpc) is 3.01. The Labute approximate surface area is 150 Å². The van der Waals surface area contributed by atoms with Crippen LogP contribution < -0.4 is 11.1 Å². The molecule has 0 atom stereocenters. The van der Waals surface area contributed by atoms with Crippen LogP contribution in [0.4, 0.5) is 9.80 Å². The summed E-state index contributed by atoms with van der Waals surface area (Å²) in [5.41, 5.74) is 5.58. The number of hydrogen-bond donors (Lipinski definition) is 2. The first kappa shape index (κ1) is 19.2. The predicted octanol–water partition coefficient (Wildman–Crippen LogP) is 1.20. The van der Waals surface area contributed by atoms with Gasteiger partial charge in [-0.1, -0.05) is 13.8 Å². The molecule has 0 aliphatic carbocycles. The number of carbonyl (C=O) groups is 3. The largest absolute Gasteiger partial charge is 0.449 e. The first-order valence-electron chi connectivity index (χ1n) is 8.18. The molecular formula is C16H24N4O4S. The molecule has 0 aromatic carbocycles. The zero-order chi connectivity index (χ0) is 18.4. The van der Waals surface area contributed by atoms with Gasteiger partial charge in [-0.3, -0.25) is 14.5 Å². The number of piperazine rings is 1. The summed E-state index contributed by atoms with van der Waals surface area (Å²) < 4.78 is 5.21. The Bertz CT molecular complexity index is 623. The van der Waals surface area contributed by atoms with Crippen molar-refractivity contribution in [3.8, 4) is 0 Å². The Morgan fingerprint density at radius 3 is 2.56 bits per heavy atom. The van der Waals surface area contributed by atoms with Crippen LogP contribution in [0.5, 0.6) is 0 Å². The van der Waals surface area contributed by atoms with Crippen molar-refractivity contribution in [1.29, 1.82) is 0 Å². The van der Waals surface area contributed by atoms with Crippen molar-refractivity contribution in [3.63, 3.8) is 0 Å². The topological polar surface area (TPSA) is 105 Å². The molecule has 0 bridgehead atoms. The van der Waals surface area contributed by atoms with Crippen LogP contribution in [-0.4, -0.2) is 67.0 Å². The van der Waals surface area contributed by atoms with Crippen molar-refractivity contribution in [1.82, 2.24) is 9.80 Å². The van der Waals surface area contributed by atoms with Crippen LogP contribution >= 0.6 is 11.3 Å². The maximum absolute atomic E-state index is 12.1. The molecule has 3 amide bonds. The maximum Gasteiger partial charge on any atom is 0.409 e. The lowest BCUT2D eigenvalue weighted by molar-refractivity contribution is -0.117. The molecule has 9 heteroatoms. The van der Waals surface area contributed by atoms with E-state index in [1.54, 1.807) is 16.3 Å².